The topological polar surface area (TPSA) is 97.3 Å². The van der Waals surface area contributed by atoms with Gasteiger partial charge in [0, 0.05) is 38.1 Å². The molecule has 0 radical (unpaired) electrons. The number of benzene rings is 2. The second-order valence-corrected chi connectivity index (χ2v) is 8.09. The molecule has 0 aliphatic carbocycles. The van der Waals surface area contributed by atoms with E-state index in [-0.39, 0.29) is 5.69 Å². The van der Waals surface area contributed by atoms with Gasteiger partial charge in [-0.25, -0.2) is 14.8 Å². The third kappa shape index (κ3) is 4.69. The summed E-state index contributed by atoms with van der Waals surface area (Å²) >= 11 is 0. The van der Waals surface area contributed by atoms with Gasteiger partial charge in [0.2, 0.25) is 0 Å². The summed E-state index contributed by atoms with van der Waals surface area (Å²) in [6.07, 6.45) is 1.54. The summed E-state index contributed by atoms with van der Waals surface area (Å²) in [5, 5.41) is 4.28. The Labute approximate surface area is 191 Å². The molecule has 9 heteroatoms. The van der Waals surface area contributed by atoms with Crippen molar-refractivity contribution in [3.05, 3.63) is 58.8 Å². The van der Waals surface area contributed by atoms with Crippen LogP contribution in [0.2, 0.25) is 0 Å². The van der Waals surface area contributed by atoms with Gasteiger partial charge in [0.25, 0.3) is 0 Å². The predicted molar refractivity (Wildman–Crippen MR) is 128 cm³/mol. The zero-order chi connectivity index (χ0) is 22.6. The highest BCUT2D eigenvalue weighted by atomic mass is 16.5. The second kappa shape index (κ2) is 9.60. The van der Waals surface area contributed by atoms with Gasteiger partial charge in [-0.1, -0.05) is 12.1 Å². The number of aromatic amines is 1. The first kappa shape index (κ1) is 21.4. The third-order valence-electron chi connectivity index (χ3n) is 5.98. The summed E-state index contributed by atoms with van der Waals surface area (Å²) in [5.41, 5.74) is 3.40. The molecule has 33 heavy (non-hydrogen) atoms. The molecule has 4 aromatic rings. The van der Waals surface area contributed by atoms with E-state index in [1.54, 1.807) is 10.9 Å². The van der Waals surface area contributed by atoms with Crippen LogP contribution in [0, 0.1) is 0 Å². The summed E-state index contributed by atoms with van der Waals surface area (Å²) < 4.78 is 13.1. The van der Waals surface area contributed by atoms with Crippen LogP contribution in [-0.4, -0.2) is 63.9 Å². The van der Waals surface area contributed by atoms with Crippen molar-refractivity contribution in [2.24, 2.45) is 0 Å². The van der Waals surface area contributed by atoms with Crippen molar-refractivity contribution in [1.82, 2.24) is 24.4 Å². The fraction of sp³-hybridized carbons (Fsp3) is 0.375. The number of aryl methyl sites for hydroxylation is 1. The monoisotopic (exact) mass is 448 g/mol. The number of morpholine rings is 1. The molecule has 1 aliphatic heterocycles. The molecule has 2 aromatic carbocycles. The lowest BCUT2D eigenvalue weighted by Crippen LogP contribution is -2.38. The fourth-order valence-electron chi connectivity index (χ4n) is 4.21. The van der Waals surface area contributed by atoms with E-state index < -0.39 is 0 Å². The molecule has 2 N–H and O–H groups in total. The number of anilines is 1. The minimum absolute atomic E-state index is 0.115. The lowest BCUT2D eigenvalue weighted by atomic mass is 10.2. The van der Waals surface area contributed by atoms with Crippen molar-refractivity contribution in [1.29, 1.82) is 0 Å². The smallest absolute Gasteiger partial charge is 0.326 e. The molecule has 9 nitrogen and oxygen atoms in total. The van der Waals surface area contributed by atoms with Crippen LogP contribution in [0.1, 0.15) is 12.5 Å². The van der Waals surface area contributed by atoms with Crippen molar-refractivity contribution in [3.8, 4) is 5.75 Å². The van der Waals surface area contributed by atoms with Gasteiger partial charge in [0.15, 0.2) is 0 Å². The quantitative estimate of drug-likeness (QED) is 0.428. The number of rotatable bonds is 8. The van der Waals surface area contributed by atoms with Crippen LogP contribution < -0.4 is 15.7 Å². The molecular formula is C24H28N6O3. The number of nitrogens with one attached hydrogen (secondary N) is 2. The average molecular weight is 449 g/mol. The van der Waals surface area contributed by atoms with Crippen LogP contribution in [0.15, 0.2) is 47.5 Å². The van der Waals surface area contributed by atoms with Gasteiger partial charge in [-0.15, -0.1) is 0 Å². The van der Waals surface area contributed by atoms with Crippen molar-refractivity contribution in [3.63, 3.8) is 0 Å². The normalized spacial score (nSPS) is 14.7. The van der Waals surface area contributed by atoms with E-state index in [2.05, 4.69) is 31.2 Å². The first-order valence-electron chi connectivity index (χ1n) is 11.3. The number of H-pyrrole nitrogens is 1. The Morgan fingerprint density at radius 2 is 2.06 bits per heavy atom. The number of aromatic nitrogens is 4. The first-order chi connectivity index (χ1) is 16.2. The van der Waals surface area contributed by atoms with Gasteiger partial charge in [0.05, 0.1) is 29.8 Å². The molecule has 3 heterocycles. The fourth-order valence-corrected chi connectivity index (χ4v) is 4.21. The molecule has 1 aliphatic rings. The van der Waals surface area contributed by atoms with E-state index in [1.807, 2.05) is 37.3 Å². The molecule has 172 valence electrons. The zero-order valence-corrected chi connectivity index (χ0v) is 18.7. The number of ether oxygens (including phenoxy) is 2. The van der Waals surface area contributed by atoms with E-state index in [9.17, 15) is 4.79 Å². The summed E-state index contributed by atoms with van der Waals surface area (Å²) in [6, 6.07) is 12.0. The van der Waals surface area contributed by atoms with Gasteiger partial charge < -0.3 is 19.8 Å². The van der Waals surface area contributed by atoms with Crippen molar-refractivity contribution >= 4 is 27.8 Å². The van der Waals surface area contributed by atoms with Gasteiger partial charge >= 0.3 is 5.69 Å². The van der Waals surface area contributed by atoms with Crippen LogP contribution >= 0.6 is 0 Å². The van der Waals surface area contributed by atoms with Crippen molar-refractivity contribution < 1.29 is 9.47 Å². The van der Waals surface area contributed by atoms with Gasteiger partial charge in [-0.05, 0) is 36.8 Å². The summed E-state index contributed by atoms with van der Waals surface area (Å²) in [6.45, 7) is 8.21. The Balaban J connectivity index is 1.28. The van der Waals surface area contributed by atoms with E-state index in [0.29, 0.717) is 19.7 Å². The lowest BCUT2D eigenvalue weighted by molar-refractivity contribution is 0.0322. The molecule has 1 saturated heterocycles. The van der Waals surface area contributed by atoms with Crippen LogP contribution in [0.25, 0.3) is 21.9 Å². The molecule has 0 saturated carbocycles. The van der Waals surface area contributed by atoms with E-state index in [1.165, 1.54) is 0 Å². The van der Waals surface area contributed by atoms with Gasteiger partial charge in [-0.3, -0.25) is 9.47 Å². The molecule has 0 spiro atoms. The molecule has 2 aromatic heterocycles. The van der Waals surface area contributed by atoms with Crippen LogP contribution in [0.3, 0.4) is 0 Å². The highest BCUT2D eigenvalue weighted by molar-refractivity contribution is 5.98. The minimum Gasteiger partial charge on any atom is -0.492 e. The largest absolute Gasteiger partial charge is 0.492 e. The molecule has 5 rings (SSSR count). The van der Waals surface area contributed by atoms with Crippen LogP contribution in [0.4, 0.5) is 5.82 Å². The molecule has 1 fully saturated rings. The van der Waals surface area contributed by atoms with Crippen molar-refractivity contribution in [2.75, 3.05) is 44.8 Å². The molecular weight excluding hydrogens is 420 g/mol. The third-order valence-corrected chi connectivity index (χ3v) is 5.98. The summed E-state index contributed by atoms with van der Waals surface area (Å²) in [7, 11) is 0. The number of hydrogen-bond donors (Lipinski definition) is 2. The molecule has 0 amide bonds. The summed E-state index contributed by atoms with van der Waals surface area (Å²) in [5.74, 6) is 1.58. The maximum absolute atomic E-state index is 12.2. The Hall–Kier alpha value is -3.43. The standard InChI is InChI=1S/C24H28N6O3/c1-2-30-22-14-20-19(13-21(22)28-24(30)31)23(27-16-26-20)25-15-17-4-3-5-18(12-17)33-11-8-29-6-9-32-10-7-29/h3-5,12-14,16H,2,6-11,15H2,1H3,(H,28,31)(H,25,26,27). The molecule has 0 unspecified atom stereocenters. The van der Waals surface area contributed by atoms with Gasteiger partial charge in [-0.2, -0.15) is 0 Å². The number of imidazole rings is 1. The number of hydrogen-bond acceptors (Lipinski definition) is 7. The Bertz CT molecular complexity index is 1310. The van der Waals surface area contributed by atoms with Crippen molar-refractivity contribution in [2.45, 2.75) is 20.0 Å². The van der Waals surface area contributed by atoms with Gasteiger partial charge in [0.1, 0.15) is 24.5 Å². The highest BCUT2D eigenvalue weighted by Gasteiger charge is 2.12. The maximum atomic E-state index is 12.2. The van der Waals surface area contributed by atoms with E-state index in [4.69, 9.17) is 9.47 Å². The number of nitrogens with zero attached hydrogens (tertiary/aromatic N) is 4. The Morgan fingerprint density at radius 3 is 2.91 bits per heavy atom. The van der Waals surface area contributed by atoms with Crippen LogP contribution in [-0.2, 0) is 17.8 Å². The SMILES string of the molecule is CCn1c(=O)[nH]c2cc3c(NCc4cccc(OCCN5CCOCC5)c4)ncnc3cc21. The number of fused-ring (bicyclic) bond motifs is 2. The first-order valence-corrected chi connectivity index (χ1v) is 11.3. The van der Waals surface area contributed by atoms with E-state index in [0.717, 1.165) is 71.9 Å². The maximum Gasteiger partial charge on any atom is 0.326 e. The molecule has 0 bridgehead atoms. The predicted octanol–water partition coefficient (Wildman–Crippen LogP) is 2.62. The summed E-state index contributed by atoms with van der Waals surface area (Å²) in [4.78, 5) is 26.3. The highest BCUT2D eigenvalue weighted by Crippen LogP contribution is 2.25. The second-order valence-electron chi connectivity index (χ2n) is 8.09. The molecule has 0 atom stereocenters. The Kier molecular flexibility index (Phi) is 6.23. The average Bonchev–Trinajstić information content (AvgIpc) is 3.16. The minimum atomic E-state index is -0.115. The van der Waals surface area contributed by atoms with Crippen LogP contribution in [0.5, 0.6) is 5.75 Å². The lowest BCUT2D eigenvalue weighted by Gasteiger charge is -2.26. The zero-order valence-electron chi connectivity index (χ0n) is 18.7. The van der Waals surface area contributed by atoms with E-state index >= 15 is 0 Å². The Morgan fingerprint density at radius 1 is 1.18 bits per heavy atom.